The van der Waals surface area contributed by atoms with Crippen molar-refractivity contribution in [1.29, 1.82) is 0 Å². The third-order valence-electron chi connectivity index (χ3n) is 3.35. The van der Waals surface area contributed by atoms with Crippen LogP contribution in [0.5, 0.6) is 0 Å². The van der Waals surface area contributed by atoms with E-state index < -0.39 is 0 Å². The van der Waals surface area contributed by atoms with Crippen LogP contribution in [0.2, 0.25) is 0 Å². The molecular weight excluding hydrogens is 162 g/mol. The lowest BCUT2D eigenvalue weighted by molar-refractivity contribution is -0.00239. The van der Waals surface area contributed by atoms with Gasteiger partial charge in [-0.25, -0.2) is 0 Å². The van der Waals surface area contributed by atoms with Gasteiger partial charge in [-0.3, -0.25) is 0 Å². The maximum Gasteiger partial charge on any atom is 0.0637 e. The maximum absolute atomic E-state index is 5.45. The number of hydrogen-bond donors (Lipinski definition) is 1. The highest BCUT2D eigenvalue weighted by Gasteiger charge is 2.30. The summed E-state index contributed by atoms with van der Waals surface area (Å²) in [6.07, 6.45) is 5.32. The van der Waals surface area contributed by atoms with Crippen LogP contribution in [-0.2, 0) is 4.74 Å². The Kier molecular flexibility index (Phi) is 3.74. The lowest BCUT2D eigenvalue weighted by Crippen LogP contribution is -2.43. The summed E-state index contributed by atoms with van der Waals surface area (Å²) in [5, 5.41) is 3.41. The van der Waals surface area contributed by atoms with Gasteiger partial charge in [0, 0.05) is 13.2 Å². The smallest absolute Gasteiger partial charge is 0.0637 e. The summed E-state index contributed by atoms with van der Waals surface area (Å²) in [4.78, 5) is 0. The van der Waals surface area contributed by atoms with Gasteiger partial charge in [0.25, 0.3) is 0 Å². The SMILES string of the molecule is CNC(CC(C)(C)OC)C1CCC1. The van der Waals surface area contributed by atoms with Crippen molar-refractivity contribution in [3.8, 4) is 0 Å². The highest BCUT2D eigenvalue weighted by molar-refractivity contribution is 4.86. The van der Waals surface area contributed by atoms with E-state index in [0.29, 0.717) is 6.04 Å². The van der Waals surface area contributed by atoms with Crippen molar-refractivity contribution in [2.24, 2.45) is 5.92 Å². The molecule has 0 aromatic carbocycles. The van der Waals surface area contributed by atoms with Gasteiger partial charge in [0.2, 0.25) is 0 Å². The third kappa shape index (κ3) is 2.96. The van der Waals surface area contributed by atoms with Crippen molar-refractivity contribution in [2.75, 3.05) is 14.2 Å². The van der Waals surface area contributed by atoms with Crippen molar-refractivity contribution < 1.29 is 4.74 Å². The Morgan fingerprint density at radius 2 is 2.08 bits per heavy atom. The lowest BCUT2D eigenvalue weighted by atomic mass is 9.76. The zero-order valence-corrected chi connectivity index (χ0v) is 9.39. The van der Waals surface area contributed by atoms with Crippen LogP contribution in [0.4, 0.5) is 0 Å². The van der Waals surface area contributed by atoms with Crippen molar-refractivity contribution in [1.82, 2.24) is 5.32 Å². The number of nitrogens with one attached hydrogen (secondary N) is 1. The summed E-state index contributed by atoms with van der Waals surface area (Å²) in [6, 6.07) is 0.642. The van der Waals surface area contributed by atoms with Crippen molar-refractivity contribution in [3.63, 3.8) is 0 Å². The Morgan fingerprint density at radius 1 is 1.46 bits per heavy atom. The molecule has 0 aromatic rings. The molecule has 1 unspecified atom stereocenters. The van der Waals surface area contributed by atoms with E-state index in [1.165, 1.54) is 19.3 Å². The van der Waals surface area contributed by atoms with E-state index in [9.17, 15) is 0 Å². The second-order valence-electron chi connectivity index (χ2n) is 4.75. The predicted molar refractivity (Wildman–Crippen MR) is 55.9 cm³/mol. The zero-order valence-electron chi connectivity index (χ0n) is 9.39. The molecule has 0 aliphatic heterocycles. The Labute approximate surface area is 82.0 Å². The molecule has 1 saturated carbocycles. The molecule has 0 bridgehead atoms. The minimum Gasteiger partial charge on any atom is -0.379 e. The minimum atomic E-state index is 0.0171. The Hall–Kier alpha value is -0.0800. The fourth-order valence-electron chi connectivity index (χ4n) is 1.96. The average molecular weight is 185 g/mol. The molecule has 1 rings (SSSR count). The normalized spacial score (nSPS) is 21.2. The van der Waals surface area contributed by atoms with Gasteiger partial charge in [-0.15, -0.1) is 0 Å². The Balaban J connectivity index is 2.38. The largest absolute Gasteiger partial charge is 0.379 e. The van der Waals surface area contributed by atoms with Gasteiger partial charge in [-0.1, -0.05) is 6.42 Å². The second kappa shape index (κ2) is 4.43. The Bertz CT molecular complexity index is 152. The fraction of sp³-hybridized carbons (Fsp3) is 1.00. The van der Waals surface area contributed by atoms with Crippen LogP contribution in [-0.4, -0.2) is 25.8 Å². The van der Waals surface area contributed by atoms with Gasteiger partial charge in [0.15, 0.2) is 0 Å². The van der Waals surface area contributed by atoms with Gasteiger partial charge in [-0.05, 0) is 46.1 Å². The van der Waals surface area contributed by atoms with Crippen molar-refractivity contribution in [2.45, 2.75) is 51.2 Å². The van der Waals surface area contributed by atoms with E-state index in [0.717, 1.165) is 12.3 Å². The molecule has 1 N–H and O–H groups in total. The first kappa shape index (κ1) is 11.0. The highest BCUT2D eigenvalue weighted by atomic mass is 16.5. The molecule has 2 nitrogen and oxygen atoms in total. The van der Waals surface area contributed by atoms with Crippen LogP contribution in [0.3, 0.4) is 0 Å². The molecule has 0 spiro atoms. The zero-order chi connectivity index (χ0) is 9.90. The molecule has 1 aliphatic carbocycles. The molecule has 0 heterocycles. The topological polar surface area (TPSA) is 21.3 Å². The summed E-state index contributed by atoms with van der Waals surface area (Å²) >= 11 is 0. The molecule has 1 aliphatic rings. The highest BCUT2D eigenvalue weighted by Crippen LogP contribution is 2.33. The molecule has 1 atom stereocenters. The van der Waals surface area contributed by atoms with Crippen LogP contribution >= 0.6 is 0 Å². The summed E-state index contributed by atoms with van der Waals surface area (Å²) in [5.41, 5.74) is 0.0171. The molecule has 0 amide bonds. The number of hydrogen-bond acceptors (Lipinski definition) is 2. The van der Waals surface area contributed by atoms with Crippen LogP contribution in [0.25, 0.3) is 0 Å². The fourth-order valence-corrected chi connectivity index (χ4v) is 1.96. The molecule has 1 fully saturated rings. The number of rotatable bonds is 5. The first-order valence-corrected chi connectivity index (χ1v) is 5.31. The summed E-state index contributed by atoms with van der Waals surface area (Å²) in [7, 11) is 3.86. The summed E-state index contributed by atoms with van der Waals surface area (Å²) in [6.45, 7) is 4.33. The molecule has 0 saturated heterocycles. The Morgan fingerprint density at radius 3 is 2.38 bits per heavy atom. The molecular formula is C11H23NO. The van der Waals surface area contributed by atoms with Crippen molar-refractivity contribution >= 4 is 0 Å². The van der Waals surface area contributed by atoms with E-state index in [2.05, 4.69) is 26.2 Å². The van der Waals surface area contributed by atoms with Gasteiger partial charge < -0.3 is 10.1 Å². The van der Waals surface area contributed by atoms with Gasteiger partial charge in [0.05, 0.1) is 5.60 Å². The molecule has 2 heteroatoms. The van der Waals surface area contributed by atoms with Crippen molar-refractivity contribution in [3.05, 3.63) is 0 Å². The summed E-state index contributed by atoms with van der Waals surface area (Å²) < 4.78 is 5.45. The van der Waals surface area contributed by atoms with E-state index in [-0.39, 0.29) is 5.60 Å². The van der Waals surface area contributed by atoms with Gasteiger partial charge in [-0.2, -0.15) is 0 Å². The van der Waals surface area contributed by atoms with E-state index in [1.807, 2.05) is 0 Å². The quantitative estimate of drug-likeness (QED) is 0.709. The number of ether oxygens (including phenoxy) is 1. The molecule has 0 aromatic heterocycles. The number of methoxy groups -OCH3 is 1. The predicted octanol–water partition coefficient (Wildman–Crippen LogP) is 2.19. The van der Waals surface area contributed by atoms with Crippen LogP contribution in [0, 0.1) is 5.92 Å². The van der Waals surface area contributed by atoms with E-state index in [1.54, 1.807) is 7.11 Å². The van der Waals surface area contributed by atoms with E-state index >= 15 is 0 Å². The van der Waals surface area contributed by atoms with Gasteiger partial charge >= 0.3 is 0 Å². The molecule has 13 heavy (non-hydrogen) atoms. The summed E-state index contributed by atoms with van der Waals surface area (Å²) in [5.74, 6) is 0.888. The first-order chi connectivity index (χ1) is 6.09. The second-order valence-corrected chi connectivity index (χ2v) is 4.75. The average Bonchev–Trinajstić information content (AvgIpc) is 2.00. The first-order valence-electron chi connectivity index (χ1n) is 5.31. The van der Waals surface area contributed by atoms with Crippen LogP contribution in [0.1, 0.15) is 39.5 Å². The van der Waals surface area contributed by atoms with Crippen LogP contribution < -0.4 is 5.32 Å². The standard InChI is InChI=1S/C11H23NO/c1-11(2,13-4)8-10(12-3)9-6-5-7-9/h9-10,12H,5-8H2,1-4H3. The molecule has 0 radical (unpaired) electrons. The monoisotopic (exact) mass is 185 g/mol. The van der Waals surface area contributed by atoms with Crippen LogP contribution in [0.15, 0.2) is 0 Å². The van der Waals surface area contributed by atoms with Gasteiger partial charge in [0.1, 0.15) is 0 Å². The lowest BCUT2D eigenvalue weighted by Gasteiger charge is -2.37. The maximum atomic E-state index is 5.45. The van der Waals surface area contributed by atoms with E-state index in [4.69, 9.17) is 4.74 Å². The molecule has 78 valence electrons. The third-order valence-corrected chi connectivity index (χ3v) is 3.35. The minimum absolute atomic E-state index is 0.0171.